The number of benzene rings is 2. The largest absolute Gasteiger partial charge is 0.387 e. The third-order valence-electron chi connectivity index (χ3n) is 9.50. The number of aliphatic hydroxyl groups is 1. The summed E-state index contributed by atoms with van der Waals surface area (Å²) in [5.74, 6) is -3.15. The number of carbonyl (C=O) groups is 4. The molecule has 3 atom stereocenters. The lowest BCUT2D eigenvalue weighted by Gasteiger charge is -2.41. The molecule has 1 aromatic heterocycles. The summed E-state index contributed by atoms with van der Waals surface area (Å²) in [6.45, 7) is 9.77. The van der Waals surface area contributed by atoms with E-state index in [0.29, 0.717) is 25.5 Å². The molecule has 50 heavy (non-hydrogen) atoms. The molecule has 2 aliphatic rings. The van der Waals surface area contributed by atoms with E-state index in [0.717, 1.165) is 23.8 Å². The lowest BCUT2D eigenvalue weighted by atomic mass is 9.83. The van der Waals surface area contributed by atoms with E-state index in [4.69, 9.17) is 4.98 Å². The molecular formula is C37H46F2N6O5. The number of rotatable bonds is 12. The van der Waals surface area contributed by atoms with Crippen LogP contribution in [0.5, 0.6) is 0 Å². The van der Waals surface area contributed by atoms with Crippen molar-refractivity contribution >= 4 is 23.6 Å². The van der Waals surface area contributed by atoms with Gasteiger partial charge in [0.1, 0.15) is 24.1 Å². The Bertz CT molecular complexity index is 1740. The van der Waals surface area contributed by atoms with Crippen LogP contribution < -0.4 is 10.6 Å². The van der Waals surface area contributed by atoms with Crippen LogP contribution in [0.3, 0.4) is 0 Å². The number of aliphatic hydroxyl groups excluding tert-OH is 1. The van der Waals surface area contributed by atoms with Crippen molar-refractivity contribution in [2.75, 3.05) is 39.3 Å². The Hall–Kier alpha value is -4.49. The van der Waals surface area contributed by atoms with Gasteiger partial charge in [-0.05, 0) is 29.2 Å². The normalized spacial score (nSPS) is 19.6. The number of hydrogen-bond acceptors (Lipinski definition) is 7. The van der Waals surface area contributed by atoms with Crippen LogP contribution in [0.15, 0.2) is 54.7 Å². The van der Waals surface area contributed by atoms with E-state index in [2.05, 4.69) is 10.6 Å². The summed E-state index contributed by atoms with van der Waals surface area (Å²) in [6.07, 6.45) is 1.77. The van der Waals surface area contributed by atoms with E-state index >= 15 is 4.39 Å². The number of hydrogen-bond donors (Lipinski definition) is 3. The third-order valence-corrected chi connectivity index (χ3v) is 9.50. The van der Waals surface area contributed by atoms with E-state index < -0.39 is 46.9 Å². The monoisotopic (exact) mass is 692 g/mol. The van der Waals surface area contributed by atoms with E-state index in [-0.39, 0.29) is 61.0 Å². The van der Waals surface area contributed by atoms with Crippen molar-refractivity contribution in [1.29, 1.82) is 0 Å². The minimum absolute atomic E-state index is 0.0247. The van der Waals surface area contributed by atoms with Crippen molar-refractivity contribution in [2.45, 2.75) is 53.6 Å². The molecule has 2 aliphatic heterocycles. The van der Waals surface area contributed by atoms with Crippen LogP contribution in [0.25, 0.3) is 11.3 Å². The zero-order valence-electron chi connectivity index (χ0n) is 29.2. The second-order valence-corrected chi connectivity index (χ2v) is 14.9. The zero-order chi connectivity index (χ0) is 36.4. The van der Waals surface area contributed by atoms with E-state index in [9.17, 15) is 28.7 Å². The first-order chi connectivity index (χ1) is 23.6. The molecule has 0 aliphatic carbocycles. The Morgan fingerprint density at radius 1 is 1.12 bits per heavy atom. The Kier molecular flexibility index (Phi) is 10.9. The SMILES string of the molecule is CC1(C)CC(=O)N(CCNC(=O)C2CNCC2CN(C(=O)CO)[C@@H](c2nc(-c3cc(F)ccc3F)cn2Cc2ccccc2)C(C)(C)C)C1=O. The van der Waals surface area contributed by atoms with E-state index in [1.165, 1.54) is 9.80 Å². The molecule has 0 bridgehead atoms. The molecule has 13 heteroatoms. The van der Waals surface area contributed by atoms with Gasteiger partial charge in [-0.2, -0.15) is 0 Å². The topological polar surface area (TPSA) is 137 Å². The van der Waals surface area contributed by atoms with Crippen LogP contribution in [0.1, 0.15) is 58.5 Å². The highest BCUT2D eigenvalue weighted by atomic mass is 19.1. The molecule has 2 aromatic carbocycles. The molecule has 0 spiro atoms. The molecule has 0 saturated carbocycles. The molecule has 11 nitrogen and oxygen atoms in total. The summed E-state index contributed by atoms with van der Waals surface area (Å²) in [6, 6.07) is 11.9. The van der Waals surface area contributed by atoms with Crippen molar-refractivity contribution in [3.63, 3.8) is 0 Å². The van der Waals surface area contributed by atoms with E-state index in [1.54, 1.807) is 20.0 Å². The standard InChI is InChI=1S/C37H46F2N6O5/c1-36(2,3)32(33-42-29(26-15-25(38)11-12-28(26)39)21-43(33)19-23-9-7-6-8-10-23)45(31(48)22-46)20-24-17-40-18-27(24)34(49)41-13-14-44-30(47)16-37(4,5)35(44)50/h6-12,15,21,24,27,32,40,46H,13-14,16-20,22H2,1-5H3,(H,41,49)/t24?,27?,32-/m0/s1. The van der Waals surface area contributed by atoms with Gasteiger partial charge in [0, 0.05) is 63.4 Å². The first-order valence-corrected chi connectivity index (χ1v) is 16.9. The number of nitrogens with zero attached hydrogens (tertiary/aromatic N) is 4. The minimum Gasteiger partial charge on any atom is -0.387 e. The lowest BCUT2D eigenvalue weighted by molar-refractivity contribution is -0.141. The van der Waals surface area contributed by atoms with Gasteiger partial charge in [0.25, 0.3) is 0 Å². The highest BCUT2D eigenvalue weighted by Crippen LogP contribution is 2.40. The average molecular weight is 693 g/mol. The molecule has 5 rings (SSSR count). The molecule has 2 saturated heterocycles. The van der Waals surface area contributed by atoms with Gasteiger partial charge in [0.2, 0.25) is 23.6 Å². The van der Waals surface area contributed by atoms with Crippen LogP contribution in [0.2, 0.25) is 0 Å². The van der Waals surface area contributed by atoms with Crippen LogP contribution in [-0.4, -0.2) is 87.4 Å². The fourth-order valence-electron chi connectivity index (χ4n) is 6.98. The second kappa shape index (κ2) is 14.8. The fourth-order valence-corrected chi connectivity index (χ4v) is 6.98. The lowest BCUT2D eigenvalue weighted by Crippen LogP contribution is -2.48. The van der Waals surface area contributed by atoms with E-state index in [1.807, 2.05) is 55.7 Å². The number of likely N-dealkylation sites (tertiary alicyclic amines) is 1. The van der Waals surface area contributed by atoms with Crippen molar-refractivity contribution in [2.24, 2.45) is 22.7 Å². The highest BCUT2D eigenvalue weighted by molar-refractivity contribution is 6.05. The number of amides is 4. The molecule has 268 valence electrons. The average Bonchev–Trinajstić information content (AvgIpc) is 3.74. The predicted molar refractivity (Wildman–Crippen MR) is 182 cm³/mol. The molecule has 2 fully saturated rings. The van der Waals surface area contributed by atoms with Crippen LogP contribution in [-0.2, 0) is 25.7 Å². The molecule has 2 unspecified atom stereocenters. The Balaban J connectivity index is 1.44. The molecule has 3 heterocycles. The summed E-state index contributed by atoms with van der Waals surface area (Å²) in [4.78, 5) is 59.7. The number of carbonyl (C=O) groups excluding carboxylic acids is 4. The number of aromatic nitrogens is 2. The summed E-state index contributed by atoms with van der Waals surface area (Å²) >= 11 is 0. The van der Waals surface area contributed by atoms with Crippen LogP contribution in [0.4, 0.5) is 8.78 Å². The van der Waals surface area contributed by atoms with Crippen LogP contribution in [0, 0.1) is 34.3 Å². The molecular weight excluding hydrogens is 646 g/mol. The fraction of sp³-hybridized carbons (Fsp3) is 0.486. The Morgan fingerprint density at radius 3 is 2.48 bits per heavy atom. The van der Waals surface area contributed by atoms with Crippen molar-refractivity contribution in [1.82, 2.24) is 30.0 Å². The van der Waals surface area contributed by atoms with Crippen LogP contribution >= 0.6 is 0 Å². The van der Waals surface area contributed by atoms with Crippen molar-refractivity contribution < 1.29 is 33.1 Å². The summed E-state index contributed by atoms with van der Waals surface area (Å²) < 4.78 is 31.2. The number of halogens is 2. The third kappa shape index (κ3) is 7.94. The van der Waals surface area contributed by atoms with Crippen molar-refractivity contribution in [3.05, 3.63) is 77.8 Å². The summed E-state index contributed by atoms with van der Waals surface area (Å²) in [5.41, 5.74) is -0.354. The number of nitrogens with one attached hydrogen (secondary N) is 2. The predicted octanol–water partition coefficient (Wildman–Crippen LogP) is 3.52. The van der Waals surface area contributed by atoms with Gasteiger partial charge in [-0.25, -0.2) is 13.8 Å². The first kappa shape index (κ1) is 36.8. The van der Waals surface area contributed by atoms with Gasteiger partial charge in [-0.15, -0.1) is 0 Å². The molecule has 3 aromatic rings. The van der Waals surface area contributed by atoms with Gasteiger partial charge < -0.3 is 25.2 Å². The maximum Gasteiger partial charge on any atom is 0.248 e. The molecule has 3 N–H and O–H groups in total. The minimum atomic E-state index is -0.789. The number of imide groups is 1. The van der Waals surface area contributed by atoms with Gasteiger partial charge in [0.05, 0.1) is 23.1 Å². The van der Waals surface area contributed by atoms with Gasteiger partial charge >= 0.3 is 0 Å². The molecule has 4 amide bonds. The highest BCUT2D eigenvalue weighted by Gasteiger charge is 2.45. The van der Waals surface area contributed by atoms with Gasteiger partial charge in [-0.1, -0.05) is 65.0 Å². The summed E-state index contributed by atoms with van der Waals surface area (Å²) in [5, 5.41) is 16.3. The quantitative estimate of drug-likeness (QED) is 0.247. The second-order valence-electron chi connectivity index (χ2n) is 14.9. The van der Waals surface area contributed by atoms with Gasteiger partial charge in [0.15, 0.2) is 0 Å². The maximum atomic E-state index is 15.0. The van der Waals surface area contributed by atoms with Crippen molar-refractivity contribution in [3.8, 4) is 11.3 Å². The Morgan fingerprint density at radius 2 is 1.84 bits per heavy atom. The first-order valence-electron chi connectivity index (χ1n) is 16.9. The maximum absolute atomic E-state index is 15.0. The van der Waals surface area contributed by atoms with Gasteiger partial charge in [-0.3, -0.25) is 24.1 Å². The zero-order valence-corrected chi connectivity index (χ0v) is 29.2. The molecule has 0 radical (unpaired) electrons. The number of imidazole rings is 1. The summed E-state index contributed by atoms with van der Waals surface area (Å²) in [7, 11) is 0. The smallest absolute Gasteiger partial charge is 0.248 e. The Labute approximate surface area is 291 Å².